The molecule has 2 heterocycles. The second kappa shape index (κ2) is 4.46. The molecule has 0 saturated heterocycles. The summed E-state index contributed by atoms with van der Waals surface area (Å²) >= 11 is 6.99. The summed E-state index contributed by atoms with van der Waals surface area (Å²) < 4.78 is 3.13. The number of tetrazole rings is 1. The number of thiophene rings is 1. The second-order valence-electron chi connectivity index (χ2n) is 3.62. The summed E-state index contributed by atoms with van der Waals surface area (Å²) in [6.45, 7) is 0. The molecule has 84 valence electrons. The Bertz CT molecular complexity index is 491. The molecule has 1 aliphatic carbocycles. The molecule has 1 fully saturated rings. The smallest absolute Gasteiger partial charge is 0.209 e. The van der Waals surface area contributed by atoms with Crippen LogP contribution in [0.5, 0.6) is 0 Å². The number of thioether (sulfide) groups is 1. The number of hydrogen-bond acceptors (Lipinski definition) is 5. The Morgan fingerprint density at radius 1 is 1.56 bits per heavy atom. The molecular formula is C9H9BrN4S2. The van der Waals surface area contributed by atoms with Gasteiger partial charge in [-0.15, -0.1) is 16.4 Å². The molecule has 0 unspecified atom stereocenters. The van der Waals surface area contributed by atoms with Crippen LogP contribution in [0.1, 0.15) is 23.8 Å². The third-order valence-corrected chi connectivity index (χ3v) is 5.45. The van der Waals surface area contributed by atoms with Crippen molar-refractivity contribution in [2.45, 2.75) is 29.8 Å². The first-order chi connectivity index (χ1) is 7.84. The van der Waals surface area contributed by atoms with E-state index in [1.165, 1.54) is 22.2 Å². The highest BCUT2D eigenvalue weighted by molar-refractivity contribution is 9.10. The van der Waals surface area contributed by atoms with Gasteiger partial charge in [-0.3, -0.25) is 0 Å². The molecule has 0 N–H and O–H groups in total. The van der Waals surface area contributed by atoms with Crippen LogP contribution in [0.3, 0.4) is 0 Å². The zero-order chi connectivity index (χ0) is 11.0. The molecule has 0 aliphatic heterocycles. The maximum Gasteiger partial charge on any atom is 0.209 e. The average Bonchev–Trinajstić information content (AvgIpc) is 2.88. The Morgan fingerprint density at radius 3 is 3.12 bits per heavy atom. The van der Waals surface area contributed by atoms with Crippen LogP contribution in [0.15, 0.2) is 21.1 Å². The fraction of sp³-hybridized carbons (Fsp3) is 0.444. The van der Waals surface area contributed by atoms with E-state index < -0.39 is 0 Å². The monoisotopic (exact) mass is 316 g/mol. The molecule has 0 aromatic carbocycles. The fourth-order valence-electron chi connectivity index (χ4n) is 1.39. The van der Waals surface area contributed by atoms with Gasteiger partial charge >= 0.3 is 0 Å². The lowest BCUT2D eigenvalue weighted by Crippen LogP contribution is -1.98. The highest BCUT2D eigenvalue weighted by Gasteiger charge is 2.27. The molecule has 2 aromatic heterocycles. The van der Waals surface area contributed by atoms with Gasteiger partial charge in [-0.25, -0.2) is 4.68 Å². The SMILES string of the molecule is Brc1ccsc1CSc1nnnn1C1CC1. The van der Waals surface area contributed by atoms with E-state index in [1.807, 2.05) is 4.68 Å². The van der Waals surface area contributed by atoms with Crippen LogP contribution >= 0.6 is 39.0 Å². The maximum absolute atomic E-state index is 4.06. The molecule has 7 heteroatoms. The molecule has 3 rings (SSSR count). The molecule has 1 saturated carbocycles. The molecule has 0 atom stereocenters. The Labute approximate surface area is 110 Å². The summed E-state index contributed by atoms with van der Waals surface area (Å²) in [4.78, 5) is 1.33. The highest BCUT2D eigenvalue weighted by Crippen LogP contribution is 2.37. The van der Waals surface area contributed by atoms with Crippen molar-refractivity contribution in [2.75, 3.05) is 0 Å². The molecule has 0 radical (unpaired) electrons. The van der Waals surface area contributed by atoms with E-state index in [-0.39, 0.29) is 0 Å². The van der Waals surface area contributed by atoms with E-state index in [2.05, 4.69) is 42.9 Å². The predicted octanol–water partition coefficient (Wildman–Crippen LogP) is 3.12. The topological polar surface area (TPSA) is 43.6 Å². The van der Waals surface area contributed by atoms with Gasteiger partial charge in [-0.05, 0) is 50.6 Å². The Balaban J connectivity index is 1.70. The summed E-state index contributed by atoms with van der Waals surface area (Å²) in [7, 11) is 0. The maximum atomic E-state index is 4.06. The van der Waals surface area contributed by atoms with Gasteiger partial charge < -0.3 is 0 Å². The van der Waals surface area contributed by atoms with Crippen molar-refractivity contribution in [3.8, 4) is 0 Å². The zero-order valence-electron chi connectivity index (χ0n) is 8.34. The Kier molecular flexibility index (Phi) is 2.99. The highest BCUT2D eigenvalue weighted by atomic mass is 79.9. The van der Waals surface area contributed by atoms with Crippen LogP contribution < -0.4 is 0 Å². The fourth-order valence-corrected chi connectivity index (χ4v) is 4.13. The van der Waals surface area contributed by atoms with Crippen LogP contribution in [0, 0.1) is 0 Å². The molecule has 2 aromatic rings. The van der Waals surface area contributed by atoms with Crippen molar-refractivity contribution in [2.24, 2.45) is 0 Å². The number of nitrogens with zero attached hydrogens (tertiary/aromatic N) is 4. The molecular weight excluding hydrogens is 308 g/mol. The lowest BCUT2D eigenvalue weighted by atomic mass is 10.5. The van der Waals surface area contributed by atoms with Gasteiger partial charge in [0, 0.05) is 15.1 Å². The number of rotatable bonds is 4. The first-order valence-electron chi connectivity index (χ1n) is 4.97. The van der Waals surface area contributed by atoms with Crippen molar-refractivity contribution in [3.05, 3.63) is 20.8 Å². The molecule has 1 aliphatic rings. The van der Waals surface area contributed by atoms with Crippen molar-refractivity contribution in [1.82, 2.24) is 20.2 Å². The van der Waals surface area contributed by atoms with E-state index in [0.29, 0.717) is 6.04 Å². The van der Waals surface area contributed by atoms with Gasteiger partial charge in [0.15, 0.2) is 0 Å². The van der Waals surface area contributed by atoms with Gasteiger partial charge in [0.2, 0.25) is 5.16 Å². The van der Waals surface area contributed by atoms with Crippen LogP contribution in [0.25, 0.3) is 0 Å². The molecule has 0 bridgehead atoms. The molecule has 0 spiro atoms. The number of aromatic nitrogens is 4. The first kappa shape index (κ1) is 10.7. The third kappa shape index (κ3) is 2.16. The minimum atomic E-state index is 0.546. The largest absolute Gasteiger partial charge is 0.217 e. The average molecular weight is 317 g/mol. The summed E-state index contributed by atoms with van der Waals surface area (Å²) in [6, 6.07) is 2.62. The lowest BCUT2D eigenvalue weighted by Gasteiger charge is -2.01. The normalized spacial score (nSPS) is 15.6. The van der Waals surface area contributed by atoms with Crippen LogP contribution in [-0.2, 0) is 5.75 Å². The second-order valence-corrected chi connectivity index (χ2v) is 6.42. The summed E-state index contributed by atoms with van der Waals surface area (Å²) in [5, 5.41) is 14.8. The van der Waals surface area contributed by atoms with Crippen molar-refractivity contribution in [3.63, 3.8) is 0 Å². The summed E-state index contributed by atoms with van der Waals surface area (Å²) in [5.74, 6) is 0.922. The van der Waals surface area contributed by atoms with Gasteiger partial charge in [-0.2, -0.15) is 0 Å². The molecule has 0 amide bonds. The minimum absolute atomic E-state index is 0.546. The Morgan fingerprint density at radius 2 is 2.44 bits per heavy atom. The first-order valence-corrected chi connectivity index (χ1v) is 7.63. The van der Waals surface area contributed by atoms with Gasteiger partial charge in [0.1, 0.15) is 0 Å². The zero-order valence-corrected chi connectivity index (χ0v) is 11.6. The van der Waals surface area contributed by atoms with Crippen molar-refractivity contribution < 1.29 is 0 Å². The van der Waals surface area contributed by atoms with Crippen molar-refractivity contribution in [1.29, 1.82) is 0 Å². The van der Waals surface area contributed by atoms with Crippen LogP contribution in [-0.4, -0.2) is 20.2 Å². The lowest BCUT2D eigenvalue weighted by molar-refractivity contribution is 0.565. The summed E-state index contributed by atoms with van der Waals surface area (Å²) in [5.41, 5.74) is 0. The number of halogens is 1. The van der Waals surface area contributed by atoms with Crippen LogP contribution in [0.4, 0.5) is 0 Å². The minimum Gasteiger partial charge on any atom is -0.217 e. The van der Waals surface area contributed by atoms with Gasteiger partial charge in [-0.1, -0.05) is 11.8 Å². The quantitative estimate of drug-likeness (QED) is 0.813. The Hall–Kier alpha value is -0.400. The van der Waals surface area contributed by atoms with E-state index >= 15 is 0 Å². The van der Waals surface area contributed by atoms with Gasteiger partial charge in [0.05, 0.1) is 6.04 Å². The predicted molar refractivity (Wildman–Crippen MR) is 67.7 cm³/mol. The van der Waals surface area contributed by atoms with E-state index in [0.717, 1.165) is 10.9 Å². The number of hydrogen-bond donors (Lipinski definition) is 0. The third-order valence-electron chi connectivity index (χ3n) is 2.38. The standard InChI is InChI=1S/C9H9BrN4S2/c10-7-3-4-15-8(7)5-16-9-11-12-13-14(9)6-1-2-6/h3-4,6H,1-2,5H2. The molecule has 16 heavy (non-hydrogen) atoms. The van der Waals surface area contributed by atoms with E-state index in [9.17, 15) is 0 Å². The van der Waals surface area contributed by atoms with E-state index in [1.54, 1.807) is 23.1 Å². The van der Waals surface area contributed by atoms with Gasteiger partial charge in [0.25, 0.3) is 0 Å². The van der Waals surface area contributed by atoms with E-state index in [4.69, 9.17) is 0 Å². The summed E-state index contributed by atoms with van der Waals surface area (Å²) in [6.07, 6.45) is 2.42. The van der Waals surface area contributed by atoms with Crippen molar-refractivity contribution >= 4 is 39.0 Å². The molecule has 4 nitrogen and oxygen atoms in total. The van der Waals surface area contributed by atoms with Crippen LogP contribution in [0.2, 0.25) is 0 Å².